The minimum atomic E-state index is -3.37. The summed E-state index contributed by atoms with van der Waals surface area (Å²) < 4.78 is 31.5. The number of rotatable bonds is 6. The predicted molar refractivity (Wildman–Crippen MR) is 155 cm³/mol. The summed E-state index contributed by atoms with van der Waals surface area (Å²) in [4.78, 5) is 4.48. The van der Waals surface area contributed by atoms with Gasteiger partial charge >= 0.3 is 0 Å². The summed E-state index contributed by atoms with van der Waals surface area (Å²) in [5.74, 6) is 6.74. The minimum Gasteiger partial charge on any atom is -0.472 e. The highest BCUT2D eigenvalue weighted by molar-refractivity contribution is 7.92. The van der Waals surface area contributed by atoms with Crippen LogP contribution in [-0.2, 0) is 22.0 Å². The van der Waals surface area contributed by atoms with Crippen molar-refractivity contribution in [3.05, 3.63) is 113 Å². The molecule has 0 aliphatic heterocycles. The van der Waals surface area contributed by atoms with E-state index >= 15 is 0 Å². The first-order valence-corrected chi connectivity index (χ1v) is 14.2. The number of aromatic nitrogens is 1. The summed E-state index contributed by atoms with van der Waals surface area (Å²) in [6, 6.07) is 26.7. The average molecular weight is 536 g/mol. The van der Waals surface area contributed by atoms with Crippen molar-refractivity contribution in [3.8, 4) is 34.9 Å². The number of pyridine rings is 1. The van der Waals surface area contributed by atoms with Crippen molar-refractivity contribution in [2.75, 3.05) is 11.0 Å². The van der Waals surface area contributed by atoms with E-state index in [0.717, 1.165) is 22.9 Å². The van der Waals surface area contributed by atoms with Gasteiger partial charge in [0.25, 0.3) is 0 Å². The second kappa shape index (κ2) is 11.4. The van der Waals surface area contributed by atoms with Crippen LogP contribution in [0.15, 0.2) is 85.1 Å². The van der Waals surface area contributed by atoms with E-state index in [1.807, 2.05) is 54.6 Å². The first-order valence-electron chi connectivity index (χ1n) is 12.3. The van der Waals surface area contributed by atoms with Gasteiger partial charge in [0, 0.05) is 34.1 Å². The summed E-state index contributed by atoms with van der Waals surface area (Å²) in [6.45, 7) is 6.68. The molecule has 196 valence electrons. The lowest BCUT2D eigenvalue weighted by atomic mass is 9.82. The van der Waals surface area contributed by atoms with Crippen LogP contribution in [0.5, 0.6) is 5.88 Å². The van der Waals surface area contributed by atoms with Crippen molar-refractivity contribution in [2.45, 2.75) is 32.8 Å². The number of hydrogen-bond acceptors (Lipinski definition) is 5. The van der Waals surface area contributed by atoms with Crippen LogP contribution in [0.1, 0.15) is 48.6 Å². The zero-order valence-electron chi connectivity index (χ0n) is 22.3. The third-order valence-electron chi connectivity index (χ3n) is 5.93. The molecule has 0 bridgehead atoms. The normalized spacial score (nSPS) is 11.2. The Bertz CT molecular complexity index is 1690. The minimum absolute atomic E-state index is 0.203. The summed E-state index contributed by atoms with van der Waals surface area (Å²) >= 11 is 0. The fraction of sp³-hybridized carbons (Fsp3) is 0.188. The van der Waals surface area contributed by atoms with Gasteiger partial charge in [-0.3, -0.25) is 4.72 Å². The van der Waals surface area contributed by atoms with Crippen molar-refractivity contribution in [3.63, 3.8) is 0 Å². The molecule has 1 aromatic heterocycles. The number of ether oxygens (including phenoxy) is 1. The molecule has 0 radical (unpaired) electrons. The van der Waals surface area contributed by atoms with Gasteiger partial charge in [-0.15, -0.1) is 0 Å². The first kappa shape index (κ1) is 27.4. The molecule has 3 aromatic carbocycles. The molecule has 0 aliphatic rings. The summed E-state index contributed by atoms with van der Waals surface area (Å²) in [5.41, 5.74) is 5.43. The number of nitriles is 1. The van der Waals surface area contributed by atoms with Crippen LogP contribution >= 0.6 is 0 Å². The topological polar surface area (TPSA) is 92.1 Å². The van der Waals surface area contributed by atoms with Crippen LogP contribution < -0.4 is 9.46 Å². The van der Waals surface area contributed by atoms with Gasteiger partial charge < -0.3 is 4.74 Å². The van der Waals surface area contributed by atoms with Gasteiger partial charge in [0.2, 0.25) is 15.9 Å². The van der Waals surface area contributed by atoms with Crippen LogP contribution in [0.25, 0.3) is 11.1 Å². The highest BCUT2D eigenvalue weighted by Gasteiger charge is 2.21. The van der Waals surface area contributed by atoms with E-state index in [9.17, 15) is 13.7 Å². The number of nitrogens with zero attached hydrogens (tertiary/aromatic N) is 2. The highest BCUT2D eigenvalue weighted by Crippen LogP contribution is 2.36. The maximum absolute atomic E-state index is 11.5. The van der Waals surface area contributed by atoms with Crippen LogP contribution in [0.2, 0.25) is 0 Å². The molecule has 0 atom stereocenters. The number of anilines is 1. The van der Waals surface area contributed by atoms with Crippen LogP contribution in [0.4, 0.5) is 5.69 Å². The molecule has 4 rings (SSSR count). The van der Waals surface area contributed by atoms with Gasteiger partial charge in [-0.05, 0) is 65.1 Å². The number of nitrogens with one attached hydrogen (secondary N) is 1. The Balaban J connectivity index is 1.77. The van der Waals surface area contributed by atoms with Crippen molar-refractivity contribution < 1.29 is 13.2 Å². The molecule has 0 saturated heterocycles. The lowest BCUT2D eigenvalue weighted by molar-refractivity contribution is 0.295. The van der Waals surface area contributed by atoms with E-state index < -0.39 is 10.0 Å². The van der Waals surface area contributed by atoms with Gasteiger partial charge in [0.05, 0.1) is 11.8 Å². The third-order valence-corrected chi connectivity index (χ3v) is 6.53. The largest absolute Gasteiger partial charge is 0.472 e. The van der Waals surface area contributed by atoms with Crippen molar-refractivity contribution in [1.29, 1.82) is 5.26 Å². The molecule has 0 fully saturated rings. The van der Waals surface area contributed by atoms with E-state index in [1.54, 1.807) is 30.5 Å². The zero-order chi connectivity index (χ0) is 28.0. The van der Waals surface area contributed by atoms with E-state index in [1.165, 1.54) is 0 Å². The summed E-state index contributed by atoms with van der Waals surface area (Å²) in [5, 5.41) is 10.3. The summed E-state index contributed by atoms with van der Waals surface area (Å²) in [6.07, 6.45) is 2.77. The molecule has 0 saturated carbocycles. The Morgan fingerprint density at radius 1 is 0.923 bits per heavy atom. The van der Waals surface area contributed by atoms with Crippen LogP contribution in [0.3, 0.4) is 0 Å². The standard InChI is InChI=1S/C32H29N3O3S/c1-32(2,3)26-19-25(15-12-23-13-16-27(17-14-23)35-39(4,36)37)30(21-33)29(20-26)28-11-8-18-34-31(28)38-22-24-9-6-5-7-10-24/h5-11,13-14,16-20,35H,22H2,1-4H3. The number of hydrogen-bond donors (Lipinski definition) is 1. The molecule has 0 unspecified atom stereocenters. The first-order chi connectivity index (χ1) is 18.5. The smallest absolute Gasteiger partial charge is 0.229 e. The Kier molecular flexibility index (Phi) is 8.04. The molecule has 6 nitrogen and oxygen atoms in total. The van der Waals surface area contributed by atoms with Crippen molar-refractivity contribution in [1.82, 2.24) is 4.98 Å². The molecule has 39 heavy (non-hydrogen) atoms. The Labute approximate surface area is 230 Å². The monoisotopic (exact) mass is 535 g/mol. The lowest BCUT2D eigenvalue weighted by Gasteiger charge is -2.22. The number of benzene rings is 3. The average Bonchev–Trinajstić information content (AvgIpc) is 2.90. The van der Waals surface area contributed by atoms with Gasteiger partial charge in [-0.1, -0.05) is 62.9 Å². The van der Waals surface area contributed by atoms with Gasteiger partial charge in [-0.2, -0.15) is 5.26 Å². The second-order valence-corrected chi connectivity index (χ2v) is 11.9. The molecule has 1 N–H and O–H groups in total. The van der Waals surface area contributed by atoms with E-state index in [0.29, 0.717) is 40.4 Å². The fourth-order valence-electron chi connectivity index (χ4n) is 3.92. The fourth-order valence-corrected chi connectivity index (χ4v) is 4.48. The second-order valence-electron chi connectivity index (χ2n) is 10.1. The Morgan fingerprint density at radius 2 is 1.64 bits per heavy atom. The predicted octanol–water partition coefficient (Wildman–Crippen LogP) is 6.27. The molecule has 0 amide bonds. The molecule has 0 aliphatic carbocycles. The maximum Gasteiger partial charge on any atom is 0.229 e. The molecule has 1 heterocycles. The Hall–Kier alpha value is -4.59. The van der Waals surface area contributed by atoms with E-state index in [-0.39, 0.29) is 5.41 Å². The zero-order valence-corrected chi connectivity index (χ0v) is 23.1. The molecule has 4 aromatic rings. The SMILES string of the molecule is CC(C)(C)c1cc(C#Cc2ccc(NS(C)(=O)=O)cc2)c(C#N)c(-c2cccnc2OCc2ccccc2)c1. The molecule has 0 spiro atoms. The van der Waals surface area contributed by atoms with Crippen LogP contribution in [-0.4, -0.2) is 19.7 Å². The molecular formula is C32H29N3O3S. The molecular weight excluding hydrogens is 506 g/mol. The third kappa shape index (κ3) is 7.25. The van der Waals surface area contributed by atoms with Crippen molar-refractivity contribution >= 4 is 15.7 Å². The quantitative estimate of drug-likeness (QED) is 0.294. The van der Waals surface area contributed by atoms with Crippen LogP contribution in [0, 0.1) is 23.2 Å². The Morgan fingerprint density at radius 3 is 2.28 bits per heavy atom. The van der Waals surface area contributed by atoms with E-state index in [2.05, 4.69) is 48.4 Å². The highest BCUT2D eigenvalue weighted by atomic mass is 32.2. The van der Waals surface area contributed by atoms with Crippen molar-refractivity contribution in [2.24, 2.45) is 0 Å². The number of sulfonamides is 1. The molecule has 7 heteroatoms. The van der Waals surface area contributed by atoms with E-state index in [4.69, 9.17) is 4.74 Å². The maximum atomic E-state index is 11.5. The van der Waals surface area contributed by atoms with Gasteiger partial charge in [-0.25, -0.2) is 13.4 Å². The lowest BCUT2D eigenvalue weighted by Crippen LogP contribution is -2.12. The summed E-state index contributed by atoms with van der Waals surface area (Å²) in [7, 11) is -3.37. The van der Waals surface area contributed by atoms with Gasteiger partial charge in [0.1, 0.15) is 12.7 Å². The van der Waals surface area contributed by atoms with Gasteiger partial charge in [0.15, 0.2) is 0 Å².